The van der Waals surface area contributed by atoms with Crippen molar-refractivity contribution in [2.75, 3.05) is 14.1 Å². The van der Waals surface area contributed by atoms with E-state index in [1.807, 2.05) is 6.07 Å². The van der Waals surface area contributed by atoms with Gasteiger partial charge < -0.3 is 15.3 Å². The molecule has 1 amide bonds. The Balaban J connectivity index is 2.61. The summed E-state index contributed by atoms with van der Waals surface area (Å²) in [6, 6.07) is 6.36. The monoisotopic (exact) mass is 250 g/mol. The molecule has 0 saturated heterocycles. The summed E-state index contributed by atoms with van der Waals surface area (Å²) in [5.74, 6) is -0.960. The van der Waals surface area contributed by atoms with Gasteiger partial charge in [0.2, 0.25) is 5.91 Å². The first kappa shape index (κ1) is 14.2. The Morgan fingerprint density at radius 1 is 1.39 bits per heavy atom. The Morgan fingerprint density at radius 3 is 2.61 bits per heavy atom. The maximum absolute atomic E-state index is 11.6. The third-order valence-corrected chi connectivity index (χ3v) is 2.60. The molecule has 0 aliphatic rings. The second-order valence-electron chi connectivity index (χ2n) is 4.34. The first-order chi connectivity index (χ1) is 8.41. The van der Waals surface area contributed by atoms with E-state index in [4.69, 9.17) is 5.11 Å². The van der Waals surface area contributed by atoms with Crippen molar-refractivity contribution >= 4 is 11.9 Å². The van der Waals surface area contributed by atoms with Gasteiger partial charge in [0.15, 0.2) is 0 Å². The van der Waals surface area contributed by atoms with Gasteiger partial charge in [-0.25, -0.2) is 4.79 Å². The summed E-state index contributed by atoms with van der Waals surface area (Å²) >= 11 is 0. The Bertz CT molecular complexity index is 444. The Morgan fingerprint density at radius 2 is 2.06 bits per heavy atom. The molecule has 0 bridgehead atoms. The van der Waals surface area contributed by atoms with Crippen LogP contribution >= 0.6 is 0 Å². The Hall–Kier alpha value is -1.88. The van der Waals surface area contributed by atoms with E-state index in [-0.39, 0.29) is 17.5 Å². The van der Waals surface area contributed by atoms with Crippen LogP contribution in [0.3, 0.4) is 0 Å². The molecule has 1 aromatic carbocycles. The van der Waals surface area contributed by atoms with E-state index in [0.717, 1.165) is 5.56 Å². The lowest BCUT2D eigenvalue weighted by Gasteiger charge is -2.18. The molecule has 5 nitrogen and oxygen atoms in total. The molecule has 0 saturated carbocycles. The van der Waals surface area contributed by atoms with E-state index >= 15 is 0 Å². The molecule has 0 fully saturated rings. The zero-order chi connectivity index (χ0) is 13.7. The molecule has 0 heterocycles. The molecule has 18 heavy (non-hydrogen) atoms. The molecular weight excluding hydrogens is 232 g/mol. The maximum atomic E-state index is 11.6. The third kappa shape index (κ3) is 3.85. The third-order valence-electron chi connectivity index (χ3n) is 2.60. The number of aromatic carboxylic acids is 1. The number of nitrogens with zero attached hydrogens (tertiary/aromatic N) is 1. The van der Waals surface area contributed by atoms with Gasteiger partial charge in [-0.2, -0.15) is 0 Å². The molecule has 2 N–H and O–H groups in total. The van der Waals surface area contributed by atoms with E-state index in [2.05, 4.69) is 5.32 Å². The fourth-order valence-electron chi connectivity index (χ4n) is 1.56. The molecule has 0 spiro atoms. The SMILES string of the molecule is CC(NCc1cccc(C(=O)O)c1)C(=O)N(C)C. The minimum atomic E-state index is -0.950. The Kier molecular flexibility index (Phi) is 4.85. The van der Waals surface area contributed by atoms with E-state index in [0.29, 0.717) is 6.54 Å². The van der Waals surface area contributed by atoms with Gasteiger partial charge in [-0.1, -0.05) is 12.1 Å². The quantitative estimate of drug-likeness (QED) is 0.816. The zero-order valence-electron chi connectivity index (χ0n) is 10.8. The number of hydrogen-bond acceptors (Lipinski definition) is 3. The van der Waals surface area contributed by atoms with Crippen LogP contribution in [0.2, 0.25) is 0 Å². The van der Waals surface area contributed by atoms with Crippen molar-refractivity contribution in [1.29, 1.82) is 0 Å². The van der Waals surface area contributed by atoms with Crippen molar-refractivity contribution < 1.29 is 14.7 Å². The van der Waals surface area contributed by atoms with E-state index < -0.39 is 5.97 Å². The number of hydrogen-bond donors (Lipinski definition) is 2. The van der Waals surface area contributed by atoms with Crippen molar-refractivity contribution in [1.82, 2.24) is 10.2 Å². The first-order valence-corrected chi connectivity index (χ1v) is 5.68. The van der Waals surface area contributed by atoms with Crippen LogP contribution in [0.4, 0.5) is 0 Å². The molecule has 1 aromatic rings. The number of carboxylic acid groups (broad SMARTS) is 1. The molecule has 1 unspecified atom stereocenters. The van der Waals surface area contributed by atoms with Gasteiger partial charge in [-0.15, -0.1) is 0 Å². The molecule has 1 rings (SSSR count). The van der Waals surface area contributed by atoms with Crippen LogP contribution in [0.25, 0.3) is 0 Å². The summed E-state index contributed by atoms with van der Waals surface area (Å²) in [7, 11) is 3.40. The summed E-state index contributed by atoms with van der Waals surface area (Å²) < 4.78 is 0. The molecule has 1 atom stereocenters. The second kappa shape index (κ2) is 6.16. The molecule has 0 radical (unpaired) electrons. The summed E-state index contributed by atoms with van der Waals surface area (Å²) in [6.45, 7) is 2.24. The van der Waals surface area contributed by atoms with Gasteiger partial charge in [-0.3, -0.25) is 4.79 Å². The minimum Gasteiger partial charge on any atom is -0.478 e. The van der Waals surface area contributed by atoms with Crippen molar-refractivity contribution in [3.63, 3.8) is 0 Å². The number of carbonyl (C=O) groups is 2. The number of amides is 1. The van der Waals surface area contributed by atoms with Crippen LogP contribution in [0.5, 0.6) is 0 Å². The molecule has 5 heteroatoms. The van der Waals surface area contributed by atoms with Crippen LogP contribution in [0, 0.1) is 0 Å². The molecule has 98 valence electrons. The van der Waals surface area contributed by atoms with Gasteiger partial charge >= 0.3 is 5.97 Å². The van der Waals surface area contributed by atoms with Crippen LogP contribution in [-0.2, 0) is 11.3 Å². The number of carbonyl (C=O) groups excluding carboxylic acids is 1. The van der Waals surface area contributed by atoms with Crippen LogP contribution in [-0.4, -0.2) is 42.0 Å². The van der Waals surface area contributed by atoms with Gasteiger partial charge in [-0.05, 0) is 24.6 Å². The molecular formula is C13H18N2O3. The lowest BCUT2D eigenvalue weighted by molar-refractivity contribution is -0.130. The van der Waals surface area contributed by atoms with Crippen LogP contribution in [0.15, 0.2) is 24.3 Å². The smallest absolute Gasteiger partial charge is 0.335 e. The van der Waals surface area contributed by atoms with Crippen molar-refractivity contribution in [3.8, 4) is 0 Å². The molecule has 0 aliphatic carbocycles. The highest BCUT2D eigenvalue weighted by molar-refractivity contribution is 5.87. The Labute approximate surface area is 106 Å². The number of likely N-dealkylation sites (N-methyl/N-ethyl adjacent to an activating group) is 1. The largest absolute Gasteiger partial charge is 0.478 e. The average Bonchev–Trinajstić information content (AvgIpc) is 2.35. The second-order valence-corrected chi connectivity index (χ2v) is 4.34. The summed E-state index contributed by atoms with van der Waals surface area (Å²) in [5.41, 5.74) is 1.09. The topological polar surface area (TPSA) is 69.6 Å². The fourth-order valence-corrected chi connectivity index (χ4v) is 1.56. The molecule has 0 aromatic heterocycles. The minimum absolute atomic E-state index is 0.00982. The lowest BCUT2D eigenvalue weighted by Crippen LogP contribution is -2.41. The van der Waals surface area contributed by atoms with Gasteiger partial charge in [0.05, 0.1) is 11.6 Å². The normalized spacial score (nSPS) is 11.9. The predicted molar refractivity (Wildman–Crippen MR) is 68.4 cm³/mol. The van der Waals surface area contributed by atoms with Gasteiger partial charge in [0.1, 0.15) is 0 Å². The van der Waals surface area contributed by atoms with Crippen molar-refractivity contribution in [2.24, 2.45) is 0 Å². The fraction of sp³-hybridized carbons (Fsp3) is 0.385. The maximum Gasteiger partial charge on any atom is 0.335 e. The van der Waals surface area contributed by atoms with Gasteiger partial charge in [0, 0.05) is 20.6 Å². The van der Waals surface area contributed by atoms with E-state index in [1.165, 1.54) is 4.90 Å². The number of rotatable bonds is 5. The van der Waals surface area contributed by atoms with E-state index in [9.17, 15) is 9.59 Å². The summed E-state index contributed by atoms with van der Waals surface area (Å²) in [6.07, 6.45) is 0. The van der Waals surface area contributed by atoms with Crippen molar-refractivity contribution in [2.45, 2.75) is 19.5 Å². The summed E-state index contributed by atoms with van der Waals surface area (Å²) in [5, 5.41) is 11.9. The van der Waals surface area contributed by atoms with Crippen LogP contribution in [0.1, 0.15) is 22.8 Å². The number of carboxylic acids is 1. The van der Waals surface area contributed by atoms with Crippen molar-refractivity contribution in [3.05, 3.63) is 35.4 Å². The molecule has 0 aliphatic heterocycles. The highest BCUT2D eigenvalue weighted by atomic mass is 16.4. The number of nitrogens with one attached hydrogen (secondary N) is 1. The number of benzene rings is 1. The average molecular weight is 250 g/mol. The highest BCUT2D eigenvalue weighted by Crippen LogP contribution is 2.05. The lowest BCUT2D eigenvalue weighted by atomic mass is 10.1. The highest BCUT2D eigenvalue weighted by Gasteiger charge is 2.13. The van der Waals surface area contributed by atoms with Gasteiger partial charge in [0.25, 0.3) is 0 Å². The zero-order valence-corrected chi connectivity index (χ0v) is 10.8. The summed E-state index contributed by atoms with van der Waals surface area (Å²) in [4.78, 5) is 23.9. The first-order valence-electron chi connectivity index (χ1n) is 5.68. The van der Waals surface area contributed by atoms with Crippen LogP contribution < -0.4 is 5.32 Å². The standard InChI is InChI=1S/C13H18N2O3/c1-9(12(16)15(2)3)14-8-10-5-4-6-11(7-10)13(17)18/h4-7,9,14H,8H2,1-3H3,(H,17,18). The van der Waals surface area contributed by atoms with E-state index in [1.54, 1.807) is 39.2 Å². The predicted octanol–water partition coefficient (Wildman–Crippen LogP) is 0.951.